The van der Waals surface area contributed by atoms with Crippen LogP contribution in [-0.4, -0.2) is 16.7 Å². The molecule has 2 nitrogen and oxygen atoms in total. The zero-order valence-corrected chi connectivity index (χ0v) is 12.2. The van der Waals surface area contributed by atoms with Gasteiger partial charge in [-0.05, 0) is 48.6 Å². The molecule has 0 saturated heterocycles. The molecule has 0 radical (unpaired) electrons. The summed E-state index contributed by atoms with van der Waals surface area (Å²) in [6.07, 6.45) is 3.99. The van der Waals surface area contributed by atoms with Crippen LogP contribution in [0.2, 0.25) is 0 Å². The first kappa shape index (κ1) is 13.0. The van der Waals surface area contributed by atoms with Crippen LogP contribution in [0.15, 0.2) is 24.3 Å². The smallest absolute Gasteiger partial charge is 0.0858 e. The predicted octanol–water partition coefficient (Wildman–Crippen LogP) is 3.60. The quantitative estimate of drug-likeness (QED) is 0.807. The van der Waals surface area contributed by atoms with Crippen molar-refractivity contribution in [3.8, 4) is 0 Å². The van der Waals surface area contributed by atoms with Crippen molar-refractivity contribution < 1.29 is 5.11 Å². The van der Waals surface area contributed by atoms with Gasteiger partial charge in [0.2, 0.25) is 0 Å². The highest BCUT2D eigenvalue weighted by Gasteiger charge is 2.47. The molecule has 1 aromatic rings. The third-order valence-electron chi connectivity index (χ3n) is 4.81. The summed E-state index contributed by atoms with van der Waals surface area (Å²) in [6.45, 7) is 6.85. The van der Waals surface area contributed by atoms with Crippen LogP contribution < -0.4 is 5.32 Å². The van der Waals surface area contributed by atoms with E-state index in [9.17, 15) is 5.11 Å². The fraction of sp³-hybridized carbons (Fsp3) is 0.647. The number of aliphatic hydroxyl groups is 1. The van der Waals surface area contributed by atoms with Gasteiger partial charge in [-0.3, -0.25) is 0 Å². The molecule has 1 saturated carbocycles. The minimum absolute atomic E-state index is 0.173. The van der Waals surface area contributed by atoms with Crippen molar-refractivity contribution in [2.75, 3.05) is 5.32 Å². The summed E-state index contributed by atoms with van der Waals surface area (Å²) in [5.74, 6) is 0.597. The Bertz CT molecular complexity index is 457. The number of hydrogen-bond donors (Lipinski definition) is 2. The van der Waals surface area contributed by atoms with Gasteiger partial charge in [0.1, 0.15) is 0 Å². The average Bonchev–Trinajstić information content (AvgIpc) is 2.69. The van der Waals surface area contributed by atoms with Crippen LogP contribution in [0.1, 0.15) is 45.6 Å². The first-order valence-electron chi connectivity index (χ1n) is 7.45. The first-order valence-corrected chi connectivity index (χ1v) is 7.45. The fourth-order valence-electron chi connectivity index (χ4n) is 4.48. The van der Waals surface area contributed by atoms with Gasteiger partial charge in [0.05, 0.1) is 11.6 Å². The van der Waals surface area contributed by atoms with Crippen molar-refractivity contribution in [2.45, 2.75) is 58.1 Å². The summed E-state index contributed by atoms with van der Waals surface area (Å²) in [6, 6.07) is 8.61. The van der Waals surface area contributed by atoms with E-state index >= 15 is 0 Å². The number of fused-ring (bicyclic) bond motifs is 1. The van der Waals surface area contributed by atoms with Gasteiger partial charge in [0.15, 0.2) is 0 Å². The highest BCUT2D eigenvalue weighted by atomic mass is 16.3. The zero-order chi connectivity index (χ0) is 13.7. The molecule has 0 spiro atoms. The van der Waals surface area contributed by atoms with Gasteiger partial charge < -0.3 is 10.4 Å². The Hall–Kier alpha value is -1.02. The van der Waals surface area contributed by atoms with Crippen LogP contribution in [0, 0.1) is 11.3 Å². The molecule has 2 heteroatoms. The molecule has 0 amide bonds. The van der Waals surface area contributed by atoms with Gasteiger partial charge in [0, 0.05) is 5.69 Å². The van der Waals surface area contributed by atoms with E-state index in [2.05, 4.69) is 50.4 Å². The minimum Gasteiger partial charge on any atom is -0.388 e. The van der Waals surface area contributed by atoms with Crippen molar-refractivity contribution in [1.29, 1.82) is 0 Å². The second-order valence-corrected chi connectivity index (χ2v) is 7.52. The van der Waals surface area contributed by atoms with Crippen LogP contribution >= 0.6 is 0 Å². The summed E-state index contributed by atoms with van der Waals surface area (Å²) in [5.41, 5.74) is 2.22. The highest BCUT2D eigenvalue weighted by Crippen LogP contribution is 2.47. The molecular formula is C17H25NO. The molecule has 1 fully saturated rings. The molecule has 2 aliphatic rings. The van der Waals surface area contributed by atoms with E-state index in [1.165, 1.54) is 17.7 Å². The summed E-state index contributed by atoms with van der Waals surface area (Å²) in [5, 5.41) is 14.7. The summed E-state index contributed by atoms with van der Waals surface area (Å²) in [4.78, 5) is 0. The number of hydrogen-bond acceptors (Lipinski definition) is 2. The molecule has 3 atom stereocenters. The van der Waals surface area contributed by atoms with Crippen LogP contribution in [0.4, 0.5) is 5.69 Å². The lowest BCUT2D eigenvalue weighted by Crippen LogP contribution is -2.52. The second kappa shape index (κ2) is 4.24. The van der Waals surface area contributed by atoms with Crippen molar-refractivity contribution in [2.24, 2.45) is 11.3 Å². The van der Waals surface area contributed by atoms with E-state index in [1.54, 1.807) is 0 Å². The van der Waals surface area contributed by atoms with Crippen LogP contribution in [0.25, 0.3) is 0 Å². The molecule has 1 aromatic carbocycles. The standard InChI is InChI=1S/C17H25NO/c1-12-9-16(2,3)11-17(19,10-12)15-8-13-6-4-5-7-14(13)18-15/h4-7,12,15,18-19H,8-11H2,1-3H3. The topological polar surface area (TPSA) is 32.3 Å². The molecule has 3 rings (SSSR count). The molecule has 1 aliphatic carbocycles. The molecule has 0 aromatic heterocycles. The molecule has 19 heavy (non-hydrogen) atoms. The van der Waals surface area contributed by atoms with Crippen molar-refractivity contribution in [1.82, 2.24) is 0 Å². The summed E-state index contributed by atoms with van der Waals surface area (Å²) >= 11 is 0. The average molecular weight is 259 g/mol. The van der Waals surface area contributed by atoms with Crippen molar-refractivity contribution >= 4 is 5.69 Å². The maximum Gasteiger partial charge on any atom is 0.0858 e. The van der Waals surface area contributed by atoms with Gasteiger partial charge in [-0.25, -0.2) is 0 Å². The van der Waals surface area contributed by atoms with Crippen molar-refractivity contribution in [3.05, 3.63) is 29.8 Å². The van der Waals surface area contributed by atoms with Crippen LogP contribution in [0.5, 0.6) is 0 Å². The SMILES string of the molecule is CC1CC(C)(C)CC(O)(C2Cc3ccccc3N2)C1. The van der Waals surface area contributed by atoms with E-state index in [0.29, 0.717) is 5.92 Å². The fourth-order valence-corrected chi connectivity index (χ4v) is 4.48. The van der Waals surface area contributed by atoms with E-state index < -0.39 is 5.60 Å². The maximum atomic E-state index is 11.2. The molecule has 0 bridgehead atoms. The normalized spacial score (nSPS) is 36.6. The zero-order valence-electron chi connectivity index (χ0n) is 12.2. The number of anilines is 1. The van der Waals surface area contributed by atoms with Gasteiger partial charge >= 0.3 is 0 Å². The van der Waals surface area contributed by atoms with Gasteiger partial charge in [-0.1, -0.05) is 39.0 Å². The van der Waals surface area contributed by atoms with E-state index in [0.717, 1.165) is 19.3 Å². The Morgan fingerprint density at radius 1 is 1.21 bits per heavy atom. The number of rotatable bonds is 1. The molecule has 104 valence electrons. The Morgan fingerprint density at radius 3 is 2.63 bits per heavy atom. The van der Waals surface area contributed by atoms with E-state index in [1.807, 2.05) is 0 Å². The summed E-state index contributed by atoms with van der Waals surface area (Å²) < 4.78 is 0. The van der Waals surface area contributed by atoms with Gasteiger partial charge in [0.25, 0.3) is 0 Å². The lowest BCUT2D eigenvalue weighted by atomic mass is 9.63. The van der Waals surface area contributed by atoms with Crippen molar-refractivity contribution in [3.63, 3.8) is 0 Å². The van der Waals surface area contributed by atoms with Gasteiger partial charge in [-0.15, -0.1) is 0 Å². The number of benzene rings is 1. The molecule has 1 aliphatic heterocycles. The molecule has 1 heterocycles. The molecule has 3 unspecified atom stereocenters. The Morgan fingerprint density at radius 2 is 1.95 bits per heavy atom. The third-order valence-corrected chi connectivity index (χ3v) is 4.81. The lowest BCUT2D eigenvalue weighted by Gasteiger charge is -2.47. The van der Waals surface area contributed by atoms with Gasteiger partial charge in [-0.2, -0.15) is 0 Å². The second-order valence-electron chi connectivity index (χ2n) is 7.52. The molecule has 2 N–H and O–H groups in total. The Kier molecular flexibility index (Phi) is 2.90. The molecular weight excluding hydrogens is 234 g/mol. The predicted molar refractivity (Wildman–Crippen MR) is 79.3 cm³/mol. The maximum absolute atomic E-state index is 11.2. The van der Waals surface area contributed by atoms with Crippen LogP contribution in [-0.2, 0) is 6.42 Å². The minimum atomic E-state index is -0.569. The monoisotopic (exact) mass is 259 g/mol. The third kappa shape index (κ3) is 2.38. The lowest BCUT2D eigenvalue weighted by molar-refractivity contribution is -0.0694. The first-order chi connectivity index (χ1) is 8.88. The number of para-hydroxylation sites is 1. The number of nitrogens with one attached hydrogen (secondary N) is 1. The van der Waals surface area contributed by atoms with E-state index in [-0.39, 0.29) is 11.5 Å². The van der Waals surface area contributed by atoms with Crippen LogP contribution in [0.3, 0.4) is 0 Å². The highest BCUT2D eigenvalue weighted by molar-refractivity contribution is 5.57. The Labute approximate surface area is 116 Å². The Balaban J connectivity index is 1.83. The summed E-state index contributed by atoms with van der Waals surface area (Å²) in [7, 11) is 0. The van der Waals surface area contributed by atoms with E-state index in [4.69, 9.17) is 0 Å². The largest absolute Gasteiger partial charge is 0.388 e.